The van der Waals surface area contributed by atoms with E-state index in [1.165, 1.54) is 32.2 Å². The van der Waals surface area contributed by atoms with Crippen molar-refractivity contribution in [1.29, 1.82) is 0 Å². The summed E-state index contributed by atoms with van der Waals surface area (Å²) in [5.74, 6) is -2.59. The second-order valence-corrected chi connectivity index (χ2v) is 9.90. The van der Waals surface area contributed by atoms with E-state index < -0.39 is 34.9 Å². The normalized spacial score (nSPS) is 20.2. The minimum atomic E-state index is -0.925. The van der Waals surface area contributed by atoms with Crippen molar-refractivity contribution in [2.75, 3.05) is 33.4 Å². The van der Waals surface area contributed by atoms with Crippen LogP contribution in [0.1, 0.15) is 45.1 Å². The van der Waals surface area contributed by atoms with Gasteiger partial charge >= 0.3 is 11.9 Å². The number of hydrogen-bond donors (Lipinski definition) is 3. The zero-order valence-corrected chi connectivity index (χ0v) is 22.6. The fraction of sp³-hybridized carbons (Fsp3) is 0.519. The van der Waals surface area contributed by atoms with Crippen molar-refractivity contribution in [3.05, 3.63) is 62.5 Å². The van der Waals surface area contributed by atoms with Crippen LogP contribution < -0.4 is 11.1 Å². The maximum Gasteiger partial charge on any atom is 0.336 e. The van der Waals surface area contributed by atoms with Crippen LogP contribution in [0.25, 0.3) is 0 Å². The molecule has 12 nitrogen and oxygen atoms in total. The van der Waals surface area contributed by atoms with Gasteiger partial charge in [-0.25, -0.2) is 9.59 Å². The Bertz CT molecular complexity index is 1180. The molecule has 0 spiro atoms. The predicted molar refractivity (Wildman–Crippen MR) is 141 cm³/mol. The number of nitrogens with one attached hydrogen (secondary N) is 1. The Morgan fingerprint density at radius 2 is 1.79 bits per heavy atom. The summed E-state index contributed by atoms with van der Waals surface area (Å²) in [7, 11) is 1.23. The first-order chi connectivity index (χ1) is 18.5. The van der Waals surface area contributed by atoms with E-state index in [1.807, 2.05) is 0 Å². The smallest absolute Gasteiger partial charge is 0.336 e. The van der Waals surface area contributed by atoms with Crippen LogP contribution >= 0.6 is 0 Å². The number of ether oxygens (including phenoxy) is 2. The summed E-state index contributed by atoms with van der Waals surface area (Å²) >= 11 is 0. The zero-order chi connectivity index (χ0) is 28.9. The standard InChI is InChI=1S/C27H36N4O8/c1-15-21(26(34)38-4)23(19-6-5-7-20(14-19)31(36)37)22(16(2)29-15)27(35)39-13-12-30-10-8-18(9-11-30)25(33)24(28)17(3)32/h5-7,14,17-18,23-24,29,32H,8-13,28H2,1-4H3/t17-,23?,24+/m1/s1. The number of aliphatic hydroxyl groups excluding tert-OH is 1. The van der Waals surface area contributed by atoms with Gasteiger partial charge in [0.05, 0.1) is 41.2 Å². The number of methoxy groups -OCH3 is 1. The molecule has 0 saturated carbocycles. The zero-order valence-electron chi connectivity index (χ0n) is 22.6. The molecule has 1 aromatic rings. The molecule has 1 unspecified atom stereocenters. The summed E-state index contributed by atoms with van der Waals surface area (Å²) in [6.45, 7) is 6.60. The molecule has 0 amide bonds. The van der Waals surface area contributed by atoms with Crippen molar-refractivity contribution in [3.63, 3.8) is 0 Å². The van der Waals surface area contributed by atoms with Crippen molar-refractivity contribution in [1.82, 2.24) is 10.2 Å². The van der Waals surface area contributed by atoms with Gasteiger partial charge in [0.1, 0.15) is 6.61 Å². The van der Waals surface area contributed by atoms with Crippen LogP contribution in [0.5, 0.6) is 0 Å². The van der Waals surface area contributed by atoms with Gasteiger partial charge in [-0.2, -0.15) is 0 Å². The van der Waals surface area contributed by atoms with Gasteiger partial charge in [0.25, 0.3) is 5.69 Å². The highest BCUT2D eigenvalue weighted by molar-refractivity contribution is 5.99. The van der Waals surface area contributed by atoms with Crippen LogP contribution in [-0.4, -0.2) is 78.1 Å². The molecular weight excluding hydrogens is 508 g/mol. The SMILES string of the molecule is COC(=O)C1=C(C)NC(C)=C(C(=O)OCCN2CCC(C(=O)[C@@H](N)[C@@H](C)O)CC2)C1c1cccc([N+](=O)[O-])c1. The van der Waals surface area contributed by atoms with Gasteiger partial charge in [0.2, 0.25) is 0 Å². The third-order valence-electron chi connectivity index (χ3n) is 7.28. The molecular formula is C27H36N4O8. The number of nitro groups is 1. The average molecular weight is 545 g/mol. The molecule has 39 heavy (non-hydrogen) atoms. The Morgan fingerprint density at radius 3 is 2.36 bits per heavy atom. The molecule has 0 radical (unpaired) electrons. The van der Waals surface area contributed by atoms with Gasteiger partial charge < -0.3 is 25.6 Å². The Balaban J connectivity index is 1.72. The lowest BCUT2D eigenvalue weighted by atomic mass is 9.80. The summed E-state index contributed by atoms with van der Waals surface area (Å²) in [5.41, 5.74) is 7.28. The van der Waals surface area contributed by atoms with E-state index in [2.05, 4.69) is 10.2 Å². The van der Waals surface area contributed by atoms with Crippen molar-refractivity contribution < 1.29 is 33.9 Å². The Labute approximate surface area is 227 Å². The molecule has 0 aromatic heterocycles. The molecule has 0 aliphatic carbocycles. The van der Waals surface area contributed by atoms with Crippen molar-refractivity contribution in [3.8, 4) is 0 Å². The van der Waals surface area contributed by atoms with Gasteiger partial charge in [-0.05, 0) is 52.3 Å². The van der Waals surface area contributed by atoms with Gasteiger partial charge in [-0.1, -0.05) is 12.1 Å². The molecule has 4 N–H and O–H groups in total. The Hall–Kier alpha value is -3.61. The van der Waals surface area contributed by atoms with E-state index in [-0.39, 0.29) is 35.1 Å². The molecule has 3 atom stereocenters. The van der Waals surface area contributed by atoms with Gasteiger partial charge in [-0.15, -0.1) is 0 Å². The van der Waals surface area contributed by atoms with Crippen LogP contribution in [0.3, 0.4) is 0 Å². The van der Waals surface area contributed by atoms with Crippen LogP contribution in [0.4, 0.5) is 5.69 Å². The highest BCUT2D eigenvalue weighted by Gasteiger charge is 2.38. The fourth-order valence-electron chi connectivity index (χ4n) is 5.09. The monoisotopic (exact) mass is 544 g/mol. The maximum absolute atomic E-state index is 13.4. The first-order valence-electron chi connectivity index (χ1n) is 12.8. The van der Waals surface area contributed by atoms with Gasteiger partial charge in [-0.3, -0.25) is 19.8 Å². The largest absolute Gasteiger partial charge is 0.466 e. The van der Waals surface area contributed by atoms with E-state index in [9.17, 15) is 29.6 Å². The summed E-state index contributed by atoms with van der Waals surface area (Å²) in [5, 5.41) is 24.0. The maximum atomic E-state index is 13.4. The van der Waals surface area contributed by atoms with Crippen molar-refractivity contribution in [2.24, 2.45) is 11.7 Å². The van der Waals surface area contributed by atoms with E-state index >= 15 is 0 Å². The quantitative estimate of drug-likeness (QED) is 0.221. The first kappa shape index (κ1) is 29.9. The summed E-state index contributed by atoms with van der Waals surface area (Å²) in [6.07, 6.45) is 0.303. The van der Waals surface area contributed by atoms with E-state index in [0.29, 0.717) is 49.4 Å². The Kier molecular flexibility index (Phi) is 9.95. The number of hydrogen-bond acceptors (Lipinski definition) is 11. The molecule has 3 rings (SSSR count). The molecule has 1 aromatic carbocycles. The van der Waals surface area contributed by atoms with Crippen LogP contribution in [0.2, 0.25) is 0 Å². The number of rotatable bonds is 10. The van der Waals surface area contributed by atoms with Crippen LogP contribution in [0.15, 0.2) is 46.8 Å². The molecule has 212 valence electrons. The van der Waals surface area contributed by atoms with Gasteiger partial charge in [0, 0.05) is 36.0 Å². The molecule has 1 fully saturated rings. The predicted octanol–water partition coefficient (Wildman–Crippen LogP) is 1.54. The Morgan fingerprint density at radius 1 is 1.18 bits per heavy atom. The number of nitro benzene ring substituents is 1. The molecule has 2 aliphatic heterocycles. The van der Waals surface area contributed by atoms with Crippen molar-refractivity contribution in [2.45, 2.75) is 51.7 Å². The summed E-state index contributed by atoms with van der Waals surface area (Å²) in [6, 6.07) is 4.90. The molecule has 0 bridgehead atoms. The molecule has 1 saturated heterocycles. The number of likely N-dealkylation sites (tertiary alicyclic amines) is 1. The second-order valence-electron chi connectivity index (χ2n) is 9.90. The minimum Gasteiger partial charge on any atom is -0.466 e. The minimum absolute atomic E-state index is 0.0688. The number of benzene rings is 1. The highest BCUT2D eigenvalue weighted by Crippen LogP contribution is 2.40. The van der Waals surface area contributed by atoms with Gasteiger partial charge in [0.15, 0.2) is 5.78 Å². The average Bonchev–Trinajstić information content (AvgIpc) is 2.91. The number of carbonyl (C=O) groups excluding carboxylic acids is 3. The molecule has 2 heterocycles. The number of piperidine rings is 1. The third kappa shape index (κ3) is 6.88. The number of ketones is 1. The fourth-order valence-corrected chi connectivity index (χ4v) is 5.09. The topological polar surface area (TPSA) is 174 Å². The number of carbonyl (C=O) groups is 3. The number of nitrogens with zero attached hydrogens (tertiary/aromatic N) is 2. The van der Waals surface area contributed by atoms with E-state index in [1.54, 1.807) is 19.9 Å². The lowest BCUT2D eigenvalue weighted by Gasteiger charge is -2.33. The van der Waals surface area contributed by atoms with Crippen LogP contribution in [-0.2, 0) is 23.9 Å². The highest BCUT2D eigenvalue weighted by atomic mass is 16.6. The van der Waals surface area contributed by atoms with E-state index in [0.717, 1.165) is 0 Å². The summed E-state index contributed by atoms with van der Waals surface area (Å²) in [4.78, 5) is 51.5. The first-order valence-corrected chi connectivity index (χ1v) is 12.8. The third-order valence-corrected chi connectivity index (χ3v) is 7.28. The molecule has 2 aliphatic rings. The van der Waals surface area contributed by atoms with Crippen molar-refractivity contribution >= 4 is 23.4 Å². The number of dihydropyridines is 1. The molecule has 12 heteroatoms. The number of non-ortho nitro benzene ring substituents is 1. The lowest BCUT2D eigenvalue weighted by Crippen LogP contribution is -2.47. The summed E-state index contributed by atoms with van der Waals surface area (Å²) < 4.78 is 10.6. The van der Waals surface area contributed by atoms with Crippen LogP contribution in [0, 0.1) is 16.0 Å². The number of allylic oxidation sites excluding steroid dienone is 2. The second kappa shape index (κ2) is 13.0. The van der Waals surface area contributed by atoms with E-state index in [4.69, 9.17) is 15.2 Å². The number of nitrogens with two attached hydrogens (primary N) is 1. The number of aliphatic hydroxyl groups is 1. The number of esters is 2. The lowest BCUT2D eigenvalue weighted by molar-refractivity contribution is -0.384. The number of Topliss-reactive ketones (excluding diaryl/α,β-unsaturated/α-hetero) is 1.